The summed E-state index contributed by atoms with van der Waals surface area (Å²) >= 11 is 0. The summed E-state index contributed by atoms with van der Waals surface area (Å²) in [5.74, 6) is 0. The summed E-state index contributed by atoms with van der Waals surface area (Å²) in [6, 6.07) is 0.686. The van der Waals surface area contributed by atoms with Crippen LogP contribution in [0.25, 0.3) is 0 Å². The second-order valence-electron chi connectivity index (χ2n) is 4.34. The summed E-state index contributed by atoms with van der Waals surface area (Å²) in [6.07, 6.45) is 2.55. The molecule has 0 aliphatic heterocycles. The molecule has 0 amide bonds. The highest BCUT2D eigenvalue weighted by Gasteiger charge is 2.29. The van der Waals surface area contributed by atoms with Crippen molar-refractivity contribution in [3.05, 3.63) is 17.0 Å². The molecule has 2 rings (SSSR count). The van der Waals surface area contributed by atoms with Crippen molar-refractivity contribution in [1.82, 2.24) is 15.1 Å². The Morgan fingerprint density at radius 2 is 2.20 bits per heavy atom. The average Bonchev–Trinajstić information content (AvgIpc) is 3.00. The van der Waals surface area contributed by atoms with Crippen LogP contribution in [0, 0.1) is 13.8 Å². The van der Waals surface area contributed by atoms with E-state index in [2.05, 4.69) is 22.0 Å². The lowest BCUT2D eigenvalue weighted by Gasteiger charge is -2.20. The van der Waals surface area contributed by atoms with Gasteiger partial charge in [-0.05, 0) is 26.7 Å². The molecular weight excluding hydrogens is 190 g/mol. The molecular formula is C11H19N3O. The number of aromatic amines is 1. The van der Waals surface area contributed by atoms with Crippen LogP contribution >= 0.6 is 0 Å². The third kappa shape index (κ3) is 2.38. The van der Waals surface area contributed by atoms with Crippen LogP contribution in [-0.4, -0.2) is 39.4 Å². The van der Waals surface area contributed by atoms with Crippen molar-refractivity contribution in [2.24, 2.45) is 0 Å². The molecule has 0 aromatic carbocycles. The van der Waals surface area contributed by atoms with Crippen molar-refractivity contribution in [2.75, 3.05) is 13.2 Å². The quantitative estimate of drug-likeness (QED) is 0.760. The highest BCUT2D eigenvalue weighted by Crippen LogP contribution is 2.28. The number of hydrogen-bond acceptors (Lipinski definition) is 3. The normalized spacial score (nSPS) is 16.3. The predicted octanol–water partition coefficient (Wildman–Crippen LogP) is 0.983. The molecule has 0 radical (unpaired) electrons. The number of aryl methyl sites for hydroxylation is 2. The Balaban J connectivity index is 2.04. The molecule has 2 N–H and O–H groups in total. The first-order valence-corrected chi connectivity index (χ1v) is 5.57. The molecule has 1 aromatic heterocycles. The molecule has 4 heteroatoms. The van der Waals surface area contributed by atoms with Crippen molar-refractivity contribution in [2.45, 2.75) is 39.3 Å². The van der Waals surface area contributed by atoms with Crippen LogP contribution in [0.4, 0.5) is 0 Å². The van der Waals surface area contributed by atoms with Gasteiger partial charge in [0.05, 0.1) is 12.3 Å². The second kappa shape index (κ2) is 4.33. The Morgan fingerprint density at radius 3 is 2.67 bits per heavy atom. The minimum Gasteiger partial charge on any atom is -0.395 e. The van der Waals surface area contributed by atoms with Gasteiger partial charge < -0.3 is 5.11 Å². The van der Waals surface area contributed by atoms with Gasteiger partial charge in [-0.15, -0.1) is 0 Å². The van der Waals surface area contributed by atoms with Gasteiger partial charge in [0, 0.05) is 30.4 Å². The Hall–Kier alpha value is -0.870. The van der Waals surface area contributed by atoms with Crippen LogP contribution in [0.2, 0.25) is 0 Å². The molecule has 1 aliphatic rings. The molecule has 0 saturated heterocycles. The first-order chi connectivity index (χ1) is 7.22. The third-order valence-corrected chi connectivity index (χ3v) is 3.09. The maximum absolute atomic E-state index is 9.02. The van der Waals surface area contributed by atoms with E-state index < -0.39 is 0 Å². The standard InChI is InChI=1S/C11H19N3O/c1-8-11(9(2)13-12-8)7-14(5-6-15)10-3-4-10/h10,15H,3-7H2,1-2H3,(H,12,13). The van der Waals surface area contributed by atoms with Crippen LogP contribution in [0.5, 0.6) is 0 Å². The maximum Gasteiger partial charge on any atom is 0.0639 e. The second-order valence-corrected chi connectivity index (χ2v) is 4.34. The molecule has 1 fully saturated rings. The van der Waals surface area contributed by atoms with Gasteiger partial charge in [0.1, 0.15) is 0 Å². The number of hydrogen-bond donors (Lipinski definition) is 2. The fourth-order valence-electron chi connectivity index (χ4n) is 1.97. The van der Waals surface area contributed by atoms with Crippen molar-refractivity contribution in [1.29, 1.82) is 0 Å². The minimum atomic E-state index is 0.243. The van der Waals surface area contributed by atoms with Gasteiger partial charge in [0.25, 0.3) is 0 Å². The van der Waals surface area contributed by atoms with E-state index in [0.717, 1.165) is 24.5 Å². The molecule has 1 aromatic rings. The van der Waals surface area contributed by atoms with E-state index in [4.69, 9.17) is 5.11 Å². The van der Waals surface area contributed by atoms with Crippen LogP contribution in [-0.2, 0) is 6.54 Å². The highest BCUT2D eigenvalue weighted by molar-refractivity contribution is 5.23. The van der Waals surface area contributed by atoms with Gasteiger partial charge in [-0.2, -0.15) is 5.10 Å². The van der Waals surface area contributed by atoms with Crippen LogP contribution < -0.4 is 0 Å². The van der Waals surface area contributed by atoms with Crippen molar-refractivity contribution >= 4 is 0 Å². The van der Waals surface area contributed by atoms with Gasteiger partial charge in [-0.3, -0.25) is 10.00 Å². The Kier molecular flexibility index (Phi) is 3.07. The Morgan fingerprint density at radius 1 is 1.47 bits per heavy atom. The van der Waals surface area contributed by atoms with E-state index in [1.165, 1.54) is 18.4 Å². The molecule has 84 valence electrons. The van der Waals surface area contributed by atoms with Gasteiger partial charge in [0.15, 0.2) is 0 Å². The topological polar surface area (TPSA) is 52.2 Å². The number of aromatic nitrogens is 2. The molecule has 0 spiro atoms. The van der Waals surface area contributed by atoms with Crippen LogP contribution in [0.15, 0.2) is 0 Å². The van der Waals surface area contributed by atoms with E-state index in [1.807, 2.05) is 6.92 Å². The fourth-order valence-corrected chi connectivity index (χ4v) is 1.97. The van der Waals surface area contributed by atoms with Gasteiger partial charge in [0.2, 0.25) is 0 Å². The number of H-pyrrole nitrogens is 1. The first kappa shape index (κ1) is 10.6. The van der Waals surface area contributed by atoms with Crippen LogP contribution in [0.1, 0.15) is 29.8 Å². The Bertz CT molecular complexity index is 311. The molecule has 1 heterocycles. The van der Waals surface area contributed by atoms with E-state index >= 15 is 0 Å². The van der Waals surface area contributed by atoms with Crippen molar-refractivity contribution < 1.29 is 5.11 Å². The largest absolute Gasteiger partial charge is 0.395 e. The zero-order valence-corrected chi connectivity index (χ0v) is 9.45. The van der Waals surface area contributed by atoms with Gasteiger partial charge >= 0.3 is 0 Å². The predicted molar refractivity (Wildman–Crippen MR) is 58.6 cm³/mol. The molecule has 1 saturated carbocycles. The summed E-state index contributed by atoms with van der Waals surface area (Å²) in [6.45, 7) is 6.02. The zero-order chi connectivity index (χ0) is 10.8. The van der Waals surface area contributed by atoms with E-state index in [1.54, 1.807) is 0 Å². The smallest absolute Gasteiger partial charge is 0.0639 e. The van der Waals surface area contributed by atoms with Gasteiger partial charge in [-0.25, -0.2) is 0 Å². The molecule has 1 aliphatic carbocycles. The number of aliphatic hydroxyl groups is 1. The first-order valence-electron chi connectivity index (χ1n) is 5.57. The van der Waals surface area contributed by atoms with E-state index in [9.17, 15) is 0 Å². The van der Waals surface area contributed by atoms with E-state index in [0.29, 0.717) is 6.04 Å². The monoisotopic (exact) mass is 209 g/mol. The lowest BCUT2D eigenvalue weighted by Crippen LogP contribution is -2.29. The minimum absolute atomic E-state index is 0.243. The maximum atomic E-state index is 9.02. The lowest BCUT2D eigenvalue weighted by molar-refractivity contribution is 0.183. The fraction of sp³-hybridized carbons (Fsp3) is 0.727. The third-order valence-electron chi connectivity index (χ3n) is 3.09. The SMILES string of the molecule is Cc1n[nH]c(C)c1CN(CCO)C1CC1. The van der Waals surface area contributed by atoms with Crippen molar-refractivity contribution in [3.63, 3.8) is 0 Å². The highest BCUT2D eigenvalue weighted by atomic mass is 16.3. The zero-order valence-electron chi connectivity index (χ0n) is 9.45. The molecule has 15 heavy (non-hydrogen) atoms. The van der Waals surface area contributed by atoms with Crippen LogP contribution in [0.3, 0.4) is 0 Å². The summed E-state index contributed by atoms with van der Waals surface area (Å²) < 4.78 is 0. The van der Waals surface area contributed by atoms with E-state index in [-0.39, 0.29) is 6.61 Å². The number of nitrogens with one attached hydrogen (secondary N) is 1. The average molecular weight is 209 g/mol. The molecule has 0 atom stereocenters. The Labute approximate surface area is 90.3 Å². The number of rotatable bonds is 5. The number of aliphatic hydroxyl groups excluding tert-OH is 1. The summed E-state index contributed by atoms with van der Waals surface area (Å²) in [5.41, 5.74) is 3.52. The molecule has 0 bridgehead atoms. The summed E-state index contributed by atoms with van der Waals surface area (Å²) in [4.78, 5) is 2.35. The molecule has 4 nitrogen and oxygen atoms in total. The number of nitrogens with zero attached hydrogens (tertiary/aromatic N) is 2. The summed E-state index contributed by atoms with van der Waals surface area (Å²) in [7, 11) is 0. The lowest BCUT2D eigenvalue weighted by atomic mass is 10.2. The van der Waals surface area contributed by atoms with Gasteiger partial charge in [-0.1, -0.05) is 0 Å². The summed E-state index contributed by atoms with van der Waals surface area (Å²) in [5, 5.41) is 16.2. The molecule has 0 unspecified atom stereocenters. The van der Waals surface area contributed by atoms with Crippen molar-refractivity contribution in [3.8, 4) is 0 Å².